The van der Waals surface area contributed by atoms with Gasteiger partial charge in [0, 0.05) is 17.9 Å². The lowest BCUT2D eigenvalue weighted by atomic mass is 10.1. The van der Waals surface area contributed by atoms with Gasteiger partial charge in [0.15, 0.2) is 5.37 Å². The third-order valence-electron chi connectivity index (χ3n) is 4.06. The van der Waals surface area contributed by atoms with Crippen LogP contribution in [0.5, 0.6) is 5.75 Å². The first-order chi connectivity index (χ1) is 12.9. The van der Waals surface area contributed by atoms with Gasteiger partial charge in [-0.15, -0.1) is 0 Å². The molecule has 0 saturated carbocycles. The second-order valence-electron chi connectivity index (χ2n) is 5.92. The van der Waals surface area contributed by atoms with Gasteiger partial charge in [-0.2, -0.15) is 0 Å². The minimum absolute atomic E-state index is 0.136. The molecular formula is C17H19FN4O4S. The van der Waals surface area contributed by atoms with Crippen molar-refractivity contribution in [1.82, 2.24) is 10.9 Å². The van der Waals surface area contributed by atoms with Crippen molar-refractivity contribution in [1.29, 1.82) is 0 Å². The lowest BCUT2D eigenvalue weighted by molar-refractivity contribution is -0.119. The van der Waals surface area contributed by atoms with E-state index < -0.39 is 33.0 Å². The van der Waals surface area contributed by atoms with Crippen LogP contribution in [0.1, 0.15) is 0 Å². The molecule has 3 rings (SSSR count). The number of hydrogen-bond donors (Lipinski definition) is 4. The zero-order valence-electron chi connectivity index (χ0n) is 14.4. The average molecular weight is 394 g/mol. The van der Waals surface area contributed by atoms with Crippen molar-refractivity contribution in [3.8, 4) is 5.75 Å². The molecule has 2 atom stereocenters. The third kappa shape index (κ3) is 4.54. The summed E-state index contributed by atoms with van der Waals surface area (Å²) in [7, 11) is -2.42. The topological polar surface area (TPSA) is 109 Å². The summed E-state index contributed by atoms with van der Waals surface area (Å²) >= 11 is 0. The van der Waals surface area contributed by atoms with Crippen molar-refractivity contribution < 1.29 is 22.3 Å². The number of ether oxygens (including phenoxy) is 1. The van der Waals surface area contributed by atoms with Gasteiger partial charge in [0.25, 0.3) is 10.0 Å². The third-order valence-corrected chi connectivity index (χ3v) is 5.70. The first kappa shape index (κ1) is 19.1. The van der Waals surface area contributed by atoms with E-state index in [2.05, 4.69) is 20.9 Å². The van der Waals surface area contributed by atoms with E-state index in [4.69, 9.17) is 4.74 Å². The van der Waals surface area contributed by atoms with Crippen molar-refractivity contribution in [2.75, 3.05) is 23.7 Å². The van der Waals surface area contributed by atoms with E-state index in [0.29, 0.717) is 11.4 Å². The predicted molar refractivity (Wildman–Crippen MR) is 99.0 cm³/mol. The molecule has 1 fully saturated rings. The molecule has 0 spiro atoms. The molecule has 1 aliphatic rings. The van der Waals surface area contributed by atoms with Crippen LogP contribution in [-0.4, -0.2) is 33.4 Å². The van der Waals surface area contributed by atoms with Gasteiger partial charge >= 0.3 is 0 Å². The fraction of sp³-hybridized carbons (Fsp3) is 0.235. The first-order valence-corrected chi connectivity index (χ1v) is 9.64. The molecule has 4 N–H and O–H groups in total. The van der Waals surface area contributed by atoms with Crippen LogP contribution in [-0.2, 0) is 14.8 Å². The van der Waals surface area contributed by atoms with Crippen LogP contribution in [0.4, 0.5) is 15.8 Å². The monoisotopic (exact) mass is 394 g/mol. The highest BCUT2D eigenvalue weighted by Gasteiger charge is 2.41. The van der Waals surface area contributed by atoms with Crippen LogP contribution in [0, 0.1) is 11.7 Å². The zero-order chi connectivity index (χ0) is 19.4. The summed E-state index contributed by atoms with van der Waals surface area (Å²) in [6, 6.07) is 11.6. The van der Waals surface area contributed by atoms with E-state index in [9.17, 15) is 17.6 Å². The van der Waals surface area contributed by atoms with Crippen molar-refractivity contribution >= 4 is 27.3 Å². The number of carbonyl (C=O) groups is 1. The Morgan fingerprint density at radius 1 is 1.11 bits per heavy atom. The number of hydrogen-bond acceptors (Lipinski definition) is 6. The zero-order valence-corrected chi connectivity index (χ0v) is 15.2. The number of methoxy groups -OCH3 is 1. The number of sulfonamides is 1. The second-order valence-corrected chi connectivity index (χ2v) is 7.73. The fourth-order valence-corrected chi connectivity index (χ4v) is 4.14. The molecule has 2 aromatic rings. The van der Waals surface area contributed by atoms with E-state index in [0.717, 1.165) is 12.1 Å². The predicted octanol–water partition coefficient (Wildman–Crippen LogP) is 1.26. The van der Waals surface area contributed by atoms with Gasteiger partial charge in [0.1, 0.15) is 11.6 Å². The van der Waals surface area contributed by atoms with Gasteiger partial charge in [-0.3, -0.25) is 14.9 Å². The Morgan fingerprint density at radius 2 is 1.74 bits per heavy atom. The Bertz CT molecular complexity index is 904. The molecule has 144 valence electrons. The smallest absolute Gasteiger partial charge is 0.250 e. The van der Waals surface area contributed by atoms with Crippen LogP contribution in [0.15, 0.2) is 48.5 Å². The molecule has 1 amide bonds. The number of halogens is 1. The summed E-state index contributed by atoms with van der Waals surface area (Å²) in [5.41, 5.74) is 6.04. The molecule has 0 bridgehead atoms. The van der Waals surface area contributed by atoms with Crippen molar-refractivity contribution in [3.63, 3.8) is 0 Å². The van der Waals surface area contributed by atoms with Crippen molar-refractivity contribution in [3.05, 3.63) is 54.3 Å². The Morgan fingerprint density at radius 3 is 2.37 bits per heavy atom. The SMILES string of the molecule is COc1ccc(NC(=O)C2CNNC2S(=O)(=O)Nc2ccc(F)cc2)cc1. The summed E-state index contributed by atoms with van der Waals surface area (Å²) in [6.45, 7) is 0.136. The molecular weight excluding hydrogens is 375 g/mol. The van der Waals surface area contributed by atoms with E-state index in [1.165, 1.54) is 19.2 Å². The summed E-state index contributed by atoms with van der Waals surface area (Å²) in [5.74, 6) is -1.16. The number of benzene rings is 2. The summed E-state index contributed by atoms with van der Waals surface area (Å²) < 4.78 is 45.7. The highest BCUT2D eigenvalue weighted by atomic mass is 32.2. The normalized spacial score (nSPS) is 19.5. The second kappa shape index (κ2) is 7.91. The molecule has 1 saturated heterocycles. The fourth-order valence-electron chi connectivity index (χ4n) is 2.66. The summed E-state index contributed by atoms with van der Waals surface area (Å²) in [4.78, 5) is 12.6. The molecule has 8 nitrogen and oxygen atoms in total. The Balaban J connectivity index is 1.71. The molecule has 0 radical (unpaired) electrons. The van der Waals surface area contributed by atoms with Crippen molar-refractivity contribution in [2.24, 2.45) is 5.92 Å². The van der Waals surface area contributed by atoms with Crippen LogP contribution in [0.2, 0.25) is 0 Å². The lowest BCUT2D eigenvalue weighted by Gasteiger charge is -2.19. The maximum Gasteiger partial charge on any atom is 0.250 e. The van der Waals surface area contributed by atoms with E-state index in [1.54, 1.807) is 24.3 Å². The number of anilines is 2. The van der Waals surface area contributed by atoms with Gasteiger partial charge in [-0.05, 0) is 48.5 Å². The van der Waals surface area contributed by atoms with E-state index >= 15 is 0 Å². The molecule has 0 aliphatic carbocycles. The van der Waals surface area contributed by atoms with Crippen LogP contribution in [0.3, 0.4) is 0 Å². The minimum atomic E-state index is -3.95. The Labute approximate surface area is 156 Å². The van der Waals surface area contributed by atoms with E-state index in [-0.39, 0.29) is 12.2 Å². The van der Waals surface area contributed by atoms with Crippen LogP contribution >= 0.6 is 0 Å². The quantitative estimate of drug-likeness (QED) is 0.588. The van der Waals surface area contributed by atoms with Gasteiger partial charge in [0.2, 0.25) is 5.91 Å². The molecule has 2 aromatic carbocycles. The number of amides is 1. The van der Waals surface area contributed by atoms with Gasteiger partial charge < -0.3 is 10.1 Å². The largest absolute Gasteiger partial charge is 0.497 e. The van der Waals surface area contributed by atoms with Gasteiger partial charge in [-0.1, -0.05) is 0 Å². The molecule has 1 heterocycles. The van der Waals surface area contributed by atoms with Gasteiger partial charge in [-0.25, -0.2) is 18.2 Å². The molecule has 0 aromatic heterocycles. The standard InChI is InChI=1S/C17H19FN4O4S/c1-26-14-8-6-12(7-9-14)20-16(23)15-10-19-21-17(15)27(24,25)22-13-4-2-11(18)3-5-13/h2-9,15,17,19,21-22H,10H2,1H3,(H,20,23). The molecule has 1 aliphatic heterocycles. The lowest BCUT2D eigenvalue weighted by Crippen LogP contribution is -2.45. The average Bonchev–Trinajstić information content (AvgIpc) is 3.15. The summed E-state index contributed by atoms with van der Waals surface area (Å²) in [5, 5.41) is 1.50. The van der Waals surface area contributed by atoms with Crippen LogP contribution < -0.4 is 25.6 Å². The molecule has 27 heavy (non-hydrogen) atoms. The number of carbonyl (C=O) groups excluding carboxylic acids is 1. The van der Waals surface area contributed by atoms with E-state index in [1.807, 2.05) is 0 Å². The van der Waals surface area contributed by atoms with Gasteiger partial charge in [0.05, 0.1) is 13.0 Å². The molecule has 10 heteroatoms. The Hall–Kier alpha value is -2.69. The number of nitrogens with one attached hydrogen (secondary N) is 4. The summed E-state index contributed by atoms with van der Waals surface area (Å²) in [6.07, 6.45) is 0. The van der Waals surface area contributed by atoms with Crippen molar-refractivity contribution in [2.45, 2.75) is 5.37 Å². The number of rotatable bonds is 6. The first-order valence-electron chi connectivity index (χ1n) is 8.09. The number of hydrazine groups is 1. The highest BCUT2D eigenvalue weighted by Crippen LogP contribution is 2.21. The maximum atomic E-state index is 13.0. The maximum absolute atomic E-state index is 13.0. The minimum Gasteiger partial charge on any atom is -0.497 e. The Kier molecular flexibility index (Phi) is 5.59. The highest BCUT2D eigenvalue weighted by molar-refractivity contribution is 7.93. The molecule has 2 unspecified atom stereocenters. The van der Waals surface area contributed by atoms with Crippen LogP contribution in [0.25, 0.3) is 0 Å².